The number of aromatic nitrogens is 1. The summed E-state index contributed by atoms with van der Waals surface area (Å²) in [5.74, 6) is 0.690. The first-order chi connectivity index (χ1) is 13.0. The molecule has 1 aliphatic heterocycles. The van der Waals surface area contributed by atoms with E-state index in [9.17, 15) is 0 Å². The zero-order chi connectivity index (χ0) is 19.1. The molecule has 0 bridgehead atoms. The first-order valence-electron chi connectivity index (χ1n) is 9.00. The van der Waals surface area contributed by atoms with Gasteiger partial charge in [-0.2, -0.15) is 0 Å². The minimum Gasteiger partial charge on any atom is -0.495 e. The highest BCUT2D eigenvalue weighted by Gasteiger charge is 2.22. The molecule has 2 heterocycles. The van der Waals surface area contributed by atoms with E-state index >= 15 is 0 Å². The number of hydrogen-bond acceptors (Lipinski definition) is 2. The van der Waals surface area contributed by atoms with Crippen LogP contribution in [0.3, 0.4) is 0 Å². The average molecular weight is 401 g/mol. The van der Waals surface area contributed by atoms with Crippen LogP contribution in [0.5, 0.6) is 5.75 Å². The van der Waals surface area contributed by atoms with Gasteiger partial charge in [-0.1, -0.05) is 29.3 Å². The Morgan fingerprint density at radius 1 is 1.15 bits per heavy atom. The second-order valence-electron chi connectivity index (χ2n) is 7.11. The number of halogens is 2. The van der Waals surface area contributed by atoms with Crippen molar-refractivity contribution in [3.8, 4) is 5.75 Å². The molecule has 0 radical (unpaired) electrons. The fourth-order valence-electron chi connectivity index (χ4n) is 3.83. The van der Waals surface area contributed by atoms with Gasteiger partial charge in [0, 0.05) is 41.8 Å². The summed E-state index contributed by atoms with van der Waals surface area (Å²) in [7, 11) is 3.79. The van der Waals surface area contributed by atoms with Crippen molar-refractivity contribution in [1.82, 2.24) is 9.47 Å². The quantitative estimate of drug-likeness (QED) is 0.539. The molecule has 0 aliphatic carbocycles. The highest BCUT2D eigenvalue weighted by Crippen LogP contribution is 2.34. The standard InChI is InChI=1S/C22H22Cl2N2O/c1-14(15-4-7-22(27-3)19(24)10-15)12-26-20-6-5-16(23)11-17(20)18-13-25(2)9-8-21(18)26/h4-7,10-12H,8-9,13H2,1-3H3/b14-12+. The fraction of sp³-hybridized carbons (Fsp3) is 0.273. The molecule has 140 valence electrons. The SMILES string of the molecule is COc1ccc(/C(C)=C/n2c3c(c4cc(Cl)ccc42)CN(C)CC3)cc1Cl. The highest BCUT2D eigenvalue weighted by molar-refractivity contribution is 6.32. The van der Waals surface area contributed by atoms with Crippen molar-refractivity contribution in [2.45, 2.75) is 19.9 Å². The van der Waals surface area contributed by atoms with Crippen molar-refractivity contribution in [2.75, 3.05) is 20.7 Å². The number of rotatable bonds is 3. The average Bonchev–Trinajstić information content (AvgIpc) is 2.94. The van der Waals surface area contributed by atoms with E-state index in [1.165, 1.54) is 22.2 Å². The lowest BCUT2D eigenvalue weighted by atomic mass is 10.1. The summed E-state index contributed by atoms with van der Waals surface area (Å²) in [6.45, 7) is 4.11. The summed E-state index contributed by atoms with van der Waals surface area (Å²) < 4.78 is 7.59. The Morgan fingerprint density at radius 3 is 2.70 bits per heavy atom. The second kappa shape index (κ2) is 7.23. The molecule has 0 amide bonds. The van der Waals surface area contributed by atoms with E-state index in [4.69, 9.17) is 27.9 Å². The summed E-state index contributed by atoms with van der Waals surface area (Å²) in [5, 5.41) is 2.63. The van der Waals surface area contributed by atoms with Gasteiger partial charge in [-0.05, 0) is 61.0 Å². The number of fused-ring (bicyclic) bond motifs is 3. The van der Waals surface area contributed by atoms with Gasteiger partial charge in [0.25, 0.3) is 0 Å². The van der Waals surface area contributed by atoms with Gasteiger partial charge in [-0.25, -0.2) is 0 Å². The number of likely N-dealkylation sites (N-methyl/N-ethyl adjacent to an activating group) is 1. The van der Waals surface area contributed by atoms with E-state index in [-0.39, 0.29) is 0 Å². The van der Waals surface area contributed by atoms with Crippen molar-refractivity contribution in [2.24, 2.45) is 0 Å². The highest BCUT2D eigenvalue weighted by atomic mass is 35.5. The van der Waals surface area contributed by atoms with Gasteiger partial charge in [0.05, 0.1) is 17.6 Å². The van der Waals surface area contributed by atoms with Gasteiger partial charge in [-0.3, -0.25) is 0 Å². The van der Waals surface area contributed by atoms with Crippen molar-refractivity contribution in [1.29, 1.82) is 0 Å². The normalized spacial score (nSPS) is 15.2. The molecule has 0 saturated carbocycles. The second-order valence-corrected chi connectivity index (χ2v) is 7.95. The van der Waals surface area contributed by atoms with E-state index in [1.54, 1.807) is 7.11 Å². The molecule has 3 nitrogen and oxygen atoms in total. The van der Waals surface area contributed by atoms with Crippen LogP contribution in [0.2, 0.25) is 10.0 Å². The zero-order valence-electron chi connectivity index (χ0n) is 15.7. The minimum absolute atomic E-state index is 0.621. The van der Waals surface area contributed by atoms with Gasteiger partial charge >= 0.3 is 0 Å². The van der Waals surface area contributed by atoms with Crippen LogP contribution in [0.15, 0.2) is 36.4 Å². The van der Waals surface area contributed by atoms with Crippen molar-refractivity contribution in [3.63, 3.8) is 0 Å². The van der Waals surface area contributed by atoms with E-state index in [0.29, 0.717) is 10.8 Å². The van der Waals surface area contributed by atoms with Gasteiger partial charge in [0.1, 0.15) is 5.75 Å². The Morgan fingerprint density at radius 2 is 1.96 bits per heavy atom. The molecule has 1 aliphatic rings. The van der Waals surface area contributed by atoms with Gasteiger partial charge < -0.3 is 14.2 Å². The molecule has 0 atom stereocenters. The van der Waals surface area contributed by atoms with Crippen LogP contribution in [-0.4, -0.2) is 30.2 Å². The molecule has 4 rings (SSSR count). The van der Waals surface area contributed by atoms with Crippen LogP contribution in [0.25, 0.3) is 22.7 Å². The first kappa shape index (κ1) is 18.4. The number of allylic oxidation sites excluding steroid dienone is 1. The molecule has 0 saturated heterocycles. The molecule has 0 N–H and O–H groups in total. The van der Waals surface area contributed by atoms with E-state index < -0.39 is 0 Å². The van der Waals surface area contributed by atoms with Crippen LogP contribution in [0.4, 0.5) is 0 Å². The van der Waals surface area contributed by atoms with Crippen LogP contribution in [0.1, 0.15) is 23.7 Å². The topological polar surface area (TPSA) is 17.4 Å². The zero-order valence-corrected chi connectivity index (χ0v) is 17.2. The Bertz CT molecular complexity index is 1050. The summed E-state index contributed by atoms with van der Waals surface area (Å²) in [6.07, 6.45) is 3.23. The predicted molar refractivity (Wildman–Crippen MR) is 115 cm³/mol. The summed E-state index contributed by atoms with van der Waals surface area (Å²) in [4.78, 5) is 2.35. The molecule has 2 aromatic carbocycles. The van der Waals surface area contributed by atoms with Gasteiger partial charge in [0.15, 0.2) is 0 Å². The molecule has 0 fully saturated rings. The lowest BCUT2D eigenvalue weighted by Crippen LogP contribution is -2.26. The Balaban J connectivity index is 1.86. The third kappa shape index (κ3) is 3.36. The number of hydrogen-bond donors (Lipinski definition) is 0. The molecule has 27 heavy (non-hydrogen) atoms. The molecule has 0 unspecified atom stereocenters. The lowest BCUT2D eigenvalue weighted by Gasteiger charge is -2.23. The lowest BCUT2D eigenvalue weighted by molar-refractivity contribution is 0.312. The van der Waals surface area contributed by atoms with Gasteiger partial charge in [0.2, 0.25) is 0 Å². The smallest absolute Gasteiger partial charge is 0.137 e. The largest absolute Gasteiger partial charge is 0.495 e. The summed E-state index contributed by atoms with van der Waals surface area (Å²) in [5.41, 5.74) is 6.16. The van der Waals surface area contributed by atoms with Crippen molar-refractivity contribution >= 4 is 45.9 Å². The number of benzene rings is 2. The fourth-order valence-corrected chi connectivity index (χ4v) is 4.26. The Kier molecular flexibility index (Phi) is 4.94. The maximum atomic E-state index is 6.32. The van der Waals surface area contributed by atoms with Crippen LogP contribution < -0.4 is 4.74 Å². The molecule has 3 aromatic rings. The van der Waals surface area contributed by atoms with Crippen LogP contribution in [0, 0.1) is 0 Å². The van der Waals surface area contributed by atoms with Crippen LogP contribution in [-0.2, 0) is 13.0 Å². The molecular weight excluding hydrogens is 379 g/mol. The van der Waals surface area contributed by atoms with E-state index in [0.717, 1.165) is 35.7 Å². The van der Waals surface area contributed by atoms with Crippen molar-refractivity contribution < 1.29 is 4.74 Å². The number of ether oxygens (including phenoxy) is 1. The van der Waals surface area contributed by atoms with Gasteiger partial charge in [-0.15, -0.1) is 0 Å². The third-order valence-electron chi connectivity index (χ3n) is 5.27. The number of nitrogens with zero attached hydrogens (tertiary/aromatic N) is 2. The summed E-state index contributed by atoms with van der Waals surface area (Å²) in [6, 6.07) is 12.1. The molecule has 5 heteroatoms. The Hall–Kier alpha value is -1.94. The predicted octanol–water partition coefficient (Wildman–Crippen LogP) is 5.96. The molecule has 1 aromatic heterocycles. The minimum atomic E-state index is 0.621. The molecular formula is C22H22Cl2N2O. The monoisotopic (exact) mass is 400 g/mol. The van der Waals surface area contributed by atoms with Crippen molar-refractivity contribution in [3.05, 3.63) is 63.3 Å². The first-order valence-corrected chi connectivity index (χ1v) is 9.75. The molecule has 0 spiro atoms. The maximum Gasteiger partial charge on any atom is 0.137 e. The maximum absolute atomic E-state index is 6.32. The van der Waals surface area contributed by atoms with E-state index in [2.05, 4.69) is 41.8 Å². The number of methoxy groups -OCH3 is 1. The Labute approximate surface area is 169 Å². The van der Waals surface area contributed by atoms with Crippen LogP contribution >= 0.6 is 23.2 Å². The third-order valence-corrected chi connectivity index (χ3v) is 5.80. The summed E-state index contributed by atoms with van der Waals surface area (Å²) >= 11 is 12.6. The van der Waals surface area contributed by atoms with E-state index in [1.807, 2.05) is 24.3 Å².